The van der Waals surface area contributed by atoms with Crippen LogP contribution in [0.15, 0.2) is 42.7 Å². The van der Waals surface area contributed by atoms with E-state index in [9.17, 15) is 0 Å². The van der Waals surface area contributed by atoms with Gasteiger partial charge in [0.25, 0.3) is 0 Å². The van der Waals surface area contributed by atoms with Crippen molar-refractivity contribution >= 4 is 35.4 Å². The summed E-state index contributed by atoms with van der Waals surface area (Å²) in [4.78, 5) is 9.86. The molecule has 0 amide bonds. The van der Waals surface area contributed by atoms with Gasteiger partial charge in [-0.2, -0.15) is 0 Å². The summed E-state index contributed by atoms with van der Waals surface area (Å²) in [5.74, 6) is 0. The van der Waals surface area contributed by atoms with Crippen molar-refractivity contribution in [3.63, 3.8) is 0 Å². The fourth-order valence-corrected chi connectivity index (χ4v) is 3.85. The molecule has 3 aromatic rings. The van der Waals surface area contributed by atoms with Gasteiger partial charge in [-0.05, 0) is 42.0 Å². The Labute approximate surface area is 167 Å². The van der Waals surface area contributed by atoms with E-state index in [1.54, 1.807) is 0 Å². The molecule has 134 valence electrons. The van der Waals surface area contributed by atoms with Crippen LogP contribution in [0.3, 0.4) is 0 Å². The van der Waals surface area contributed by atoms with Gasteiger partial charge in [-0.15, -0.1) is 0 Å². The van der Waals surface area contributed by atoms with Crippen LogP contribution in [0, 0.1) is 4.77 Å². The van der Waals surface area contributed by atoms with Crippen molar-refractivity contribution in [2.24, 2.45) is 0 Å². The van der Waals surface area contributed by atoms with Crippen molar-refractivity contribution in [3.8, 4) is 0 Å². The average molecular weight is 405 g/mol. The van der Waals surface area contributed by atoms with Crippen LogP contribution in [-0.2, 0) is 26.1 Å². The van der Waals surface area contributed by atoms with Crippen molar-refractivity contribution in [2.75, 3.05) is 6.54 Å². The van der Waals surface area contributed by atoms with E-state index in [4.69, 9.17) is 35.4 Å². The highest BCUT2D eigenvalue weighted by Gasteiger charge is 2.18. The molecular formula is C19H18Cl2N4S. The minimum atomic E-state index is 0.563. The standard InChI is InChI=1S/C19H18Cl2N4S/c20-16-4-3-13(8-17(16)21)10-25-6-1-2-15(25)12-24-7-5-18-14(11-24)9-22-19(26)23-18/h1-4,6,8-9H,5,7,10-12H2,(H,22,23,26). The molecule has 0 aliphatic carbocycles. The highest BCUT2D eigenvalue weighted by molar-refractivity contribution is 7.71. The quantitative estimate of drug-likeness (QED) is 0.631. The Morgan fingerprint density at radius 1 is 1.15 bits per heavy atom. The second kappa shape index (κ2) is 7.53. The van der Waals surface area contributed by atoms with Crippen molar-refractivity contribution < 1.29 is 0 Å². The Balaban J connectivity index is 1.48. The predicted octanol–water partition coefficient (Wildman–Crippen LogP) is 4.85. The molecule has 1 N–H and O–H groups in total. The maximum atomic E-state index is 6.14. The fourth-order valence-electron chi connectivity index (χ4n) is 3.35. The van der Waals surface area contributed by atoms with E-state index in [0.29, 0.717) is 14.8 Å². The second-order valence-corrected chi connectivity index (χ2v) is 7.73. The van der Waals surface area contributed by atoms with Gasteiger partial charge in [0.15, 0.2) is 4.77 Å². The van der Waals surface area contributed by atoms with Gasteiger partial charge < -0.3 is 9.55 Å². The predicted molar refractivity (Wildman–Crippen MR) is 107 cm³/mol. The number of fused-ring (bicyclic) bond motifs is 1. The summed E-state index contributed by atoms with van der Waals surface area (Å²) in [5, 5.41) is 1.18. The summed E-state index contributed by atoms with van der Waals surface area (Å²) in [5.41, 5.74) is 4.86. The van der Waals surface area contributed by atoms with Crippen molar-refractivity contribution in [1.82, 2.24) is 19.4 Å². The summed E-state index contributed by atoms with van der Waals surface area (Å²) in [6.07, 6.45) is 4.97. The van der Waals surface area contributed by atoms with Gasteiger partial charge in [0.05, 0.1) is 10.0 Å². The summed E-state index contributed by atoms with van der Waals surface area (Å²) in [6, 6.07) is 10.1. The fraction of sp³-hybridized carbons (Fsp3) is 0.263. The zero-order valence-corrected chi connectivity index (χ0v) is 16.4. The first-order valence-electron chi connectivity index (χ1n) is 8.46. The molecule has 4 nitrogen and oxygen atoms in total. The minimum Gasteiger partial charge on any atom is -0.346 e. The molecule has 2 aromatic heterocycles. The normalized spacial score (nSPS) is 14.4. The van der Waals surface area contributed by atoms with E-state index in [1.165, 1.54) is 17.0 Å². The lowest BCUT2D eigenvalue weighted by Crippen LogP contribution is -2.31. The molecule has 0 saturated carbocycles. The Hall–Kier alpha value is -1.66. The monoisotopic (exact) mass is 404 g/mol. The average Bonchev–Trinajstić information content (AvgIpc) is 3.05. The molecule has 0 radical (unpaired) electrons. The molecule has 0 bridgehead atoms. The Morgan fingerprint density at radius 3 is 2.88 bits per heavy atom. The molecule has 1 aromatic carbocycles. The van der Waals surface area contributed by atoms with E-state index in [0.717, 1.165) is 38.2 Å². The molecule has 0 saturated heterocycles. The molecule has 0 atom stereocenters. The third-order valence-corrected chi connectivity index (χ3v) is 5.65. The molecule has 26 heavy (non-hydrogen) atoms. The first-order valence-corrected chi connectivity index (χ1v) is 9.62. The topological polar surface area (TPSA) is 36.9 Å². The number of nitrogens with zero attached hydrogens (tertiary/aromatic N) is 3. The van der Waals surface area contributed by atoms with Crippen LogP contribution in [0.5, 0.6) is 0 Å². The van der Waals surface area contributed by atoms with Gasteiger partial charge in [-0.25, -0.2) is 4.98 Å². The Morgan fingerprint density at radius 2 is 2.04 bits per heavy atom. The number of H-pyrrole nitrogens is 1. The van der Waals surface area contributed by atoms with Gasteiger partial charge in [0.2, 0.25) is 0 Å². The highest BCUT2D eigenvalue weighted by Crippen LogP contribution is 2.24. The number of halogens is 2. The summed E-state index contributed by atoms with van der Waals surface area (Å²) < 4.78 is 2.82. The van der Waals surface area contributed by atoms with E-state index in [1.807, 2.05) is 24.4 Å². The van der Waals surface area contributed by atoms with Crippen LogP contribution >= 0.6 is 35.4 Å². The molecule has 0 fully saturated rings. The molecule has 0 spiro atoms. The third-order valence-electron chi connectivity index (χ3n) is 4.70. The molecule has 0 unspecified atom stereocenters. The summed E-state index contributed by atoms with van der Waals surface area (Å²) >= 11 is 17.3. The maximum absolute atomic E-state index is 6.14. The lowest BCUT2D eigenvalue weighted by Gasteiger charge is -2.28. The Kier molecular flexibility index (Phi) is 5.14. The zero-order valence-electron chi connectivity index (χ0n) is 14.1. The van der Waals surface area contributed by atoms with Crippen LogP contribution in [0.4, 0.5) is 0 Å². The molecule has 4 rings (SSSR count). The van der Waals surface area contributed by atoms with Gasteiger partial charge in [0, 0.05) is 61.9 Å². The van der Waals surface area contributed by atoms with E-state index < -0.39 is 0 Å². The molecule has 1 aliphatic rings. The van der Waals surface area contributed by atoms with Crippen LogP contribution in [-0.4, -0.2) is 26.0 Å². The largest absolute Gasteiger partial charge is 0.346 e. The number of hydrogen-bond acceptors (Lipinski definition) is 3. The lowest BCUT2D eigenvalue weighted by molar-refractivity contribution is 0.237. The molecule has 3 heterocycles. The SMILES string of the molecule is S=c1ncc2c([nH]1)CCN(Cc1cccn1Cc1ccc(Cl)c(Cl)c1)C2. The summed E-state index contributed by atoms with van der Waals surface area (Å²) in [6.45, 7) is 3.55. The van der Waals surface area contributed by atoms with Gasteiger partial charge in [0.1, 0.15) is 0 Å². The molecular weight excluding hydrogens is 387 g/mol. The summed E-state index contributed by atoms with van der Waals surface area (Å²) in [7, 11) is 0. The lowest BCUT2D eigenvalue weighted by atomic mass is 10.1. The zero-order chi connectivity index (χ0) is 18.1. The number of aromatic amines is 1. The smallest absolute Gasteiger partial charge is 0.196 e. The van der Waals surface area contributed by atoms with Gasteiger partial charge in [-0.3, -0.25) is 4.90 Å². The van der Waals surface area contributed by atoms with Crippen molar-refractivity contribution in [2.45, 2.75) is 26.1 Å². The van der Waals surface area contributed by atoms with E-state index >= 15 is 0 Å². The van der Waals surface area contributed by atoms with Crippen LogP contribution in [0.2, 0.25) is 10.0 Å². The van der Waals surface area contributed by atoms with Crippen LogP contribution in [0.25, 0.3) is 0 Å². The molecule has 1 aliphatic heterocycles. The van der Waals surface area contributed by atoms with Crippen LogP contribution in [0.1, 0.15) is 22.5 Å². The van der Waals surface area contributed by atoms with Gasteiger partial charge >= 0.3 is 0 Å². The number of rotatable bonds is 4. The first-order chi connectivity index (χ1) is 12.6. The van der Waals surface area contributed by atoms with Crippen LogP contribution < -0.4 is 0 Å². The van der Waals surface area contributed by atoms with E-state index in [2.05, 4.69) is 37.8 Å². The first kappa shape index (κ1) is 17.7. The Bertz CT molecular complexity index is 995. The second-order valence-electron chi connectivity index (χ2n) is 6.53. The number of hydrogen-bond donors (Lipinski definition) is 1. The van der Waals surface area contributed by atoms with Gasteiger partial charge in [-0.1, -0.05) is 29.3 Å². The third kappa shape index (κ3) is 3.86. The maximum Gasteiger partial charge on any atom is 0.196 e. The van der Waals surface area contributed by atoms with Crippen molar-refractivity contribution in [3.05, 3.63) is 80.1 Å². The number of aromatic nitrogens is 3. The van der Waals surface area contributed by atoms with Crippen molar-refractivity contribution in [1.29, 1.82) is 0 Å². The van der Waals surface area contributed by atoms with E-state index in [-0.39, 0.29) is 0 Å². The highest BCUT2D eigenvalue weighted by atomic mass is 35.5. The minimum absolute atomic E-state index is 0.563. The number of nitrogens with one attached hydrogen (secondary N) is 1. The number of benzene rings is 1. The molecule has 7 heteroatoms.